The average Bonchev–Trinajstić information content (AvgIpc) is 3.02. The van der Waals surface area contributed by atoms with Crippen LogP contribution in [0, 0.1) is 6.92 Å². The minimum absolute atomic E-state index is 0.208. The van der Waals surface area contributed by atoms with Gasteiger partial charge < -0.3 is 9.84 Å². The van der Waals surface area contributed by atoms with Crippen LogP contribution in [0.5, 0.6) is 0 Å². The van der Waals surface area contributed by atoms with Crippen LogP contribution in [0.15, 0.2) is 46.1 Å². The number of aromatic amines is 1. The van der Waals surface area contributed by atoms with Crippen LogP contribution in [-0.2, 0) is 16.2 Å². The quantitative estimate of drug-likeness (QED) is 0.646. The van der Waals surface area contributed by atoms with Crippen molar-refractivity contribution in [2.75, 3.05) is 6.61 Å². The number of nitrogens with zero attached hydrogens (tertiary/aromatic N) is 1. The lowest BCUT2D eigenvalue weighted by atomic mass is 10.1. The standard InChI is InChI=1S/C17H21N3O5/c1-11-8-20(17(23)18-16(11)22)15-7-13(14(9-21)25-15)19-24-10-12-5-3-2-4-6-12/h2-6,8,13-15,19,21H,7,9-10H2,1H3,(H,18,22,23)/t13-,14+,15+/m0/s1. The summed E-state index contributed by atoms with van der Waals surface area (Å²) in [5.74, 6) is 0. The Hall–Kier alpha value is -2.26. The summed E-state index contributed by atoms with van der Waals surface area (Å²) < 4.78 is 7.07. The van der Waals surface area contributed by atoms with Crippen molar-refractivity contribution in [2.45, 2.75) is 38.3 Å². The van der Waals surface area contributed by atoms with Crippen molar-refractivity contribution in [1.82, 2.24) is 15.0 Å². The maximum atomic E-state index is 12.0. The van der Waals surface area contributed by atoms with Gasteiger partial charge in [0.15, 0.2) is 0 Å². The molecule has 1 aliphatic heterocycles. The number of rotatable bonds is 6. The van der Waals surface area contributed by atoms with Crippen LogP contribution in [-0.4, -0.2) is 33.4 Å². The normalized spacial score (nSPS) is 23.0. The third-order valence-corrected chi connectivity index (χ3v) is 4.19. The lowest BCUT2D eigenvalue weighted by Crippen LogP contribution is -2.38. The van der Waals surface area contributed by atoms with Crippen molar-refractivity contribution in [2.24, 2.45) is 0 Å². The van der Waals surface area contributed by atoms with Gasteiger partial charge in [-0.3, -0.25) is 19.2 Å². The Morgan fingerprint density at radius 3 is 2.84 bits per heavy atom. The van der Waals surface area contributed by atoms with Crippen LogP contribution in [0.3, 0.4) is 0 Å². The first-order valence-corrected chi connectivity index (χ1v) is 8.08. The van der Waals surface area contributed by atoms with Crippen molar-refractivity contribution in [3.8, 4) is 0 Å². The van der Waals surface area contributed by atoms with Gasteiger partial charge in [-0.15, -0.1) is 0 Å². The number of aromatic nitrogens is 2. The van der Waals surface area contributed by atoms with E-state index >= 15 is 0 Å². The van der Waals surface area contributed by atoms with E-state index in [4.69, 9.17) is 9.57 Å². The van der Waals surface area contributed by atoms with Gasteiger partial charge in [-0.1, -0.05) is 30.3 Å². The SMILES string of the molecule is Cc1cn([C@H]2C[C@H](NOCc3ccccc3)[C@@H](CO)O2)c(=O)[nH]c1=O. The number of aliphatic hydroxyl groups is 1. The van der Waals surface area contributed by atoms with Gasteiger partial charge in [-0.2, -0.15) is 5.48 Å². The Balaban J connectivity index is 1.65. The summed E-state index contributed by atoms with van der Waals surface area (Å²) in [6, 6.07) is 9.39. The number of benzene rings is 1. The Labute approximate surface area is 144 Å². The fourth-order valence-corrected chi connectivity index (χ4v) is 2.80. The van der Waals surface area contributed by atoms with Gasteiger partial charge in [0.2, 0.25) is 0 Å². The number of ether oxygens (including phenoxy) is 1. The van der Waals surface area contributed by atoms with Crippen LogP contribution >= 0.6 is 0 Å². The first kappa shape index (κ1) is 17.6. The zero-order chi connectivity index (χ0) is 17.8. The molecule has 2 aromatic rings. The van der Waals surface area contributed by atoms with Crippen LogP contribution in [0.25, 0.3) is 0 Å². The van der Waals surface area contributed by atoms with Gasteiger partial charge in [0.05, 0.1) is 19.3 Å². The molecule has 1 saturated heterocycles. The molecule has 134 valence electrons. The first-order valence-electron chi connectivity index (χ1n) is 8.08. The molecule has 3 N–H and O–H groups in total. The Kier molecular flexibility index (Phi) is 5.44. The summed E-state index contributed by atoms with van der Waals surface area (Å²) in [5, 5.41) is 9.52. The molecule has 1 aromatic heterocycles. The molecule has 8 nitrogen and oxygen atoms in total. The molecule has 0 saturated carbocycles. The number of H-pyrrole nitrogens is 1. The van der Waals surface area contributed by atoms with Crippen molar-refractivity contribution in [3.63, 3.8) is 0 Å². The van der Waals surface area contributed by atoms with Crippen LogP contribution in [0.4, 0.5) is 0 Å². The molecule has 0 bridgehead atoms. The third-order valence-electron chi connectivity index (χ3n) is 4.19. The van der Waals surface area contributed by atoms with E-state index < -0.39 is 23.6 Å². The molecule has 3 rings (SSSR count). The highest BCUT2D eigenvalue weighted by Gasteiger charge is 2.36. The van der Waals surface area contributed by atoms with E-state index in [-0.39, 0.29) is 12.6 Å². The molecule has 8 heteroatoms. The van der Waals surface area contributed by atoms with Gasteiger partial charge in [-0.05, 0) is 12.5 Å². The molecule has 0 unspecified atom stereocenters. The predicted molar refractivity (Wildman–Crippen MR) is 89.8 cm³/mol. The molecule has 0 radical (unpaired) electrons. The zero-order valence-electron chi connectivity index (χ0n) is 13.8. The maximum Gasteiger partial charge on any atom is 0.330 e. The van der Waals surface area contributed by atoms with E-state index in [1.165, 1.54) is 10.8 Å². The van der Waals surface area contributed by atoms with Gasteiger partial charge in [-0.25, -0.2) is 4.79 Å². The summed E-state index contributed by atoms with van der Waals surface area (Å²) in [4.78, 5) is 31.2. The Morgan fingerprint density at radius 2 is 2.12 bits per heavy atom. The van der Waals surface area contributed by atoms with E-state index in [0.29, 0.717) is 18.6 Å². The summed E-state index contributed by atoms with van der Waals surface area (Å²) in [5.41, 5.74) is 3.38. The number of hydrogen-bond donors (Lipinski definition) is 3. The molecule has 3 atom stereocenters. The molecular formula is C17H21N3O5. The second kappa shape index (κ2) is 7.75. The lowest BCUT2D eigenvalue weighted by molar-refractivity contribution is -0.0539. The van der Waals surface area contributed by atoms with E-state index in [0.717, 1.165) is 5.56 Å². The van der Waals surface area contributed by atoms with Crippen molar-refractivity contribution < 1.29 is 14.7 Å². The van der Waals surface area contributed by atoms with Gasteiger partial charge in [0.1, 0.15) is 12.3 Å². The first-order chi connectivity index (χ1) is 12.1. The van der Waals surface area contributed by atoms with Crippen LogP contribution in [0.1, 0.15) is 23.8 Å². The number of aryl methyl sites for hydroxylation is 1. The van der Waals surface area contributed by atoms with Gasteiger partial charge in [0, 0.05) is 18.2 Å². The van der Waals surface area contributed by atoms with E-state index in [1.807, 2.05) is 30.3 Å². The van der Waals surface area contributed by atoms with E-state index in [9.17, 15) is 14.7 Å². The fourth-order valence-electron chi connectivity index (χ4n) is 2.80. The van der Waals surface area contributed by atoms with Crippen LogP contribution < -0.4 is 16.7 Å². The van der Waals surface area contributed by atoms with Crippen molar-refractivity contribution in [1.29, 1.82) is 0 Å². The second-order valence-electron chi connectivity index (χ2n) is 6.02. The summed E-state index contributed by atoms with van der Waals surface area (Å²) in [6.07, 6.45) is 0.789. The van der Waals surface area contributed by atoms with Gasteiger partial charge >= 0.3 is 5.69 Å². The third kappa shape index (κ3) is 4.05. The highest BCUT2D eigenvalue weighted by molar-refractivity contribution is 5.13. The average molecular weight is 347 g/mol. The summed E-state index contributed by atoms with van der Waals surface area (Å²) >= 11 is 0. The minimum Gasteiger partial charge on any atom is -0.394 e. The second-order valence-corrected chi connectivity index (χ2v) is 6.02. The van der Waals surface area contributed by atoms with Gasteiger partial charge in [0.25, 0.3) is 5.56 Å². The maximum absolute atomic E-state index is 12.0. The predicted octanol–water partition coefficient (Wildman–Crippen LogP) is 0.215. The molecule has 1 aliphatic rings. The minimum atomic E-state index is -0.585. The molecule has 0 aliphatic carbocycles. The van der Waals surface area contributed by atoms with E-state index in [1.54, 1.807) is 6.92 Å². The molecule has 2 heterocycles. The summed E-state index contributed by atoms with van der Waals surface area (Å²) in [6.45, 7) is 1.78. The summed E-state index contributed by atoms with van der Waals surface area (Å²) in [7, 11) is 0. The Bertz CT molecular complexity index is 817. The molecule has 1 aromatic carbocycles. The Morgan fingerprint density at radius 1 is 1.36 bits per heavy atom. The molecule has 1 fully saturated rings. The largest absolute Gasteiger partial charge is 0.394 e. The molecule has 0 spiro atoms. The number of hydrogen-bond acceptors (Lipinski definition) is 6. The molecule has 0 amide bonds. The smallest absolute Gasteiger partial charge is 0.330 e. The monoisotopic (exact) mass is 347 g/mol. The topological polar surface area (TPSA) is 106 Å². The lowest BCUT2D eigenvalue weighted by Gasteiger charge is -2.17. The highest BCUT2D eigenvalue weighted by atomic mass is 16.7. The zero-order valence-corrected chi connectivity index (χ0v) is 13.8. The van der Waals surface area contributed by atoms with Crippen molar-refractivity contribution in [3.05, 3.63) is 68.5 Å². The fraction of sp³-hybridized carbons (Fsp3) is 0.412. The number of nitrogens with one attached hydrogen (secondary N) is 2. The molecule has 25 heavy (non-hydrogen) atoms. The van der Waals surface area contributed by atoms with Crippen molar-refractivity contribution >= 4 is 0 Å². The molecular weight excluding hydrogens is 326 g/mol. The number of aliphatic hydroxyl groups excluding tert-OH is 1. The highest BCUT2D eigenvalue weighted by Crippen LogP contribution is 2.27. The van der Waals surface area contributed by atoms with Crippen LogP contribution in [0.2, 0.25) is 0 Å². The van der Waals surface area contributed by atoms with E-state index in [2.05, 4.69) is 10.5 Å². The number of hydroxylamine groups is 1.